The van der Waals surface area contributed by atoms with Crippen LogP contribution < -0.4 is 11.1 Å². The Hall–Kier alpha value is -2.13. The van der Waals surface area contributed by atoms with Crippen molar-refractivity contribution in [3.8, 4) is 6.07 Å². The second-order valence-corrected chi connectivity index (χ2v) is 5.13. The number of nitriles is 1. The molecule has 1 aliphatic carbocycles. The fourth-order valence-corrected chi connectivity index (χ4v) is 2.75. The molecule has 20 heavy (non-hydrogen) atoms. The van der Waals surface area contributed by atoms with Crippen molar-refractivity contribution >= 4 is 11.4 Å². The lowest BCUT2D eigenvalue weighted by molar-refractivity contribution is -0.384. The summed E-state index contributed by atoms with van der Waals surface area (Å²) in [7, 11) is 0. The minimum atomic E-state index is -0.455. The molecule has 0 aliphatic heterocycles. The number of anilines is 1. The summed E-state index contributed by atoms with van der Waals surface area (Å²) in [6, 6.07) is 6.60. The molecule has 0 saturated heterocycles. The second kappa shape index (κ2) is 6.35. The summed E-state index contributed by atoms with van der Waals surface area (Å²) >= 11 is 0. The van der Waals surface area contributed by atoms with Gasteiger partial charge >= 0.3 is 0 Å². The first-order chi connectivity index (χ1) is 9.65. The summed E-state index contributed by atoms with van der Waals surface area (Å²) in [6.45, 7) is 0.585. The Labute approximate surface area is 117 Å². The zero-order valence-electron chi connectivity index (χ0n) is 11.2. The molecule has 2 unspecified atom stereocenters. The number of nitro groups is 1. The Kier molecular flexibility index (Phi) is 4.53. The highest BCUT2D eigenvalue weighted by atomic mass is 16.6. The zero-order valence-corrected chi connectivity index (χ0v) is 11.2. The van der Waals surface area contributed by atoms with Crippen LogP contribution in [-0.4, -0.2) is 17.5 Å². The van der Waals surface area contributed by atoms with Gasteiger partial charge in [-0.3, -0.25) is 10.1 Å². The maximum Gasteiger partial charge on any atom is 0.293 e. The molecule has 106 valence electrons. The van der Waals surface area contributed by atoms with Crippen LogP contribution in [0.25, 0.3) is 0 Å². The van der Waals surface area contributed by atoms with Gasteiger partial charge in [-0.1, -0.05) is 12.8 Å². The number of nitrogens with zero attached hydrogens (tertiary/aromatic N) is 2. The lowest BCUT2D eigenvalue weighted by Gasteiger charge is -2.31. The second-order valence-electron chi connectivity index (χ2n) is 5.13. The largest absolute Gasteiger partial charge is 0.376 e. The minimum absolute atomic E-state index is 0.0506. The molecule has 6 heteroatoms. The van der Waals surface area contributed by atoms with Crippen molar-refractivity contribution < 1.29 is 4.92 Å². The van der Waals surface area contributed by atoms with Crippen molar-refractivity contribution in [1.82, 2.24) is 0 Å². The van der Waals surface area contributed by atoms with Crippen LogP contribution in [0.4, 0.5) is 11.4 Å². The van der Waals surface area contributed by atoms with Gasteiger partial charge in [-0.25, -0.2) is 0 Å². The van der Waals surface area contributed by atoms with Gasteiger partial charge in [-0.15, -0.1) is 0 Å². The first-order valence-electron chi connectivity index (χ1n) is 6.81. The third kappa shape index (κ3) is 3.06. The Balaban J connectivity index is 2.24. The van der Waals surface area contributed by atoms with E-state index in [2.05, 4.69) is 5.32 Å². The van der Waals surface area contributed by atoms with Crippen molar-refractivity contribution in [1.29, 1.82) is 5.26 Å². The van der Waals surface area contributed by atoms with E-state index in [0.717, 1.165) is 25.7 Å². The maximum atomic E-state index is 11.1. The summed E-state index contributed by atoms with van der Waals surface area (Å²) in [5.41, 5.74) is 6.49. The molecule has 1 fully saturated rings. The van der Waals surface area contributed by atoms with Gasteiger partial charge in [0.25, 0.3) is 5.69 Å². The molecule has 1 aromatic carbocycles. The van der Waals surface area contributed by atoms with Crippen LogP contribution in [-0.2, 0) is 0 Å². The number of benzene rings is 1. The lowest BCUT2D eigenvalue weighted by atomic mass is 9.84. The van der Waals surface area contributed by atoms with Crippen molar-refractivity contribution in [2.45, 2.75) is 31.7 Å². The molecular formula is C14H18N4O2. The number of hydrogen-bond donors (Lipinski definition) is 2. The quantitative estimate of drug-likeness (QED) is 0.647. The topological polar surface area (TPSA) is 105 Å². The highest BCUT2D eigenvalue weighted by molar-refractivity contribution is 5.64. The van der Waals surface area contributed by atoms with Crippen molar-refractivity contribution in [3.63, 3.8) is 0 Å². The smallest absolute Gasteiger partial charge is 0.293 e. The number of nitrogens with two attached hydrogens (primary N) is 1. The molecule has 0 heterocycles. The van der Waals surface area contributed by atoms with Crippen molar-refractivity contribution in [3.05, 3.63) is 33.9 Å². The summed E-state index contributed by atoms with van der Waals surface area (Å²) in [5, 5.41) is 23.2. The van der Waals surface area contributed by atoms with Gasteiger partial charge in [0.2, 0.25) is 0 Å². The first-order valence-corrected chi connectivity index (χ1v) is 6.81. The third-order valence-corrected chi connectivity index (χ3v) is 3.88. The number of hydrogen-bond acceptors (Lipinski definition) is 5. The maximum absolute atomic E-state index is 11.1. The van der Waals surface area contributed by atoms with E-state index in [1.54, 1.807) is 12.1 Å². The number of nitrogens with one attached hydrogen (secondary N) is 1. The van der Waals surface area contributed by atoms with Gasteiger partial charge in [0.15, 0.2) is 0 Å². The molecule has 2 rings (SSSR count). The molecule has 2 atom stereocenters. The van der Waals surface area contributed by atoms with Gasteiger partial charge in [-0.05, 0) is 37.4 Å². The first kappa shape index (κ1) is 14.3. The molecule has 0 aromatic heterocycles. The van der Waals surface area contributed by atoms with Crippen LogP contribution in [0.5, 0.6) is 0 Å². The molecule has 0 amide bonds. The van der Waals surface area contributed by atoms with E-state index < -0.39 is 4.92 Å². The Morgan fingerprint density at radius 1 is 1.45 bits per heavy atom. The average Bonchev–Trinajstić information content (AvgIpc) is 2.48. The highest BCUT2D eigenvalue weighted by Crippen LogP contribution is 2.31. The predicted molar refractivity (Wildman–Crippen MR) is 76.2 cm³/mol. The van der Waals surface area contributed by atoms with Crippen LogP contribution >= 0.6 is 0 Å². The monoisotopic (exact) mass is 274 g/mol. The summed E-state index contributed by atoms with van der Waals surface area (Å²) < 4.78 is 0. The average molecular weight is 274 g/mol. The van der Waals surface area contributed by atoms with Gasteiger partial charge < -0.3 is 11.1 Å². The predicted octanol–water partition coefficient (Wildman–Crippen LogP) is 2.40. The van der Waals surface area contributed by atoms with E-state index in [4.69, 9.17) is 11.0 Å². The van der Waals surface area contributed by atoms with Crippen LogP contribution in [0.2, 0.25) is 0 Å². The Morgan fingerprint density at radius 2 is 2.20 bits per heavy atom. The summed E-state index contributed by atoms with van der Waals surface area (Å²) in [5.74, 6) is 0.346. The van der Waals surface area contributed by atoms with E-state index in [-0.39, 0.29) is 11.7 Å². The van der Waals surface area contributed by atoms with Crippen molar-refractivity contribution in [2.75, 3.05) is 11.9 Å². The lowest BCUT2D eigenvalue weighted by Crippen LogP contribution is -2.36. The van der Waals surface area contributed by atoms with Crippen LogP contribution in [0.15, 0.2) is 18.2 Å². The summed E-state index contributed by atoms with van der Waals surface area (Å²) in [4.78, 5) is 10.7. The van der Waals surface area contributed by atoms with E-state index >= 15 is 0 Å². The number of rotatable bonds is 4. The third-order valence-electron chi connectivity index (χ3n) is 3.88. The zero-order chi connectivity index (χ0) is 14.5. The van der Waals surface area contributed by atoms with Crippen molar-refractivity contribution in [2.24, 2.45) is 11.7 Å². The molecular weight excluding hydrogens is 256 g/mol. The van der Waals surface area contributed by atoms with E-state index in [9.17, 15) is 10.1 Å². The minimum Gasteiger partial charge on any atom is -0.376 e. The molecule has 6 nitrogen and oxygen atoms in total. The normalized spacial score (nSPS) is 22.0. The Bertz CT molecular complexity index is 538. The van der Waals surface area contributed by atoms with Gasteiger partial charge in [0, 0.05) is 12.1 Å². The van der Waals surface area contributed by atoms with Gasteiger partial charge in [0.05, 0.1) is 16.6 Å². The van der Waals surface area contributed by atoms with E-state index in [1.165, 1.54) is 6.07 Å². The van der Waals surface area contributed by atoms with Crippen LogP contribution in [0, 0.1) is 27.4 Å². The molecule has 1 saturated carbocycles. The molecule has 0 spiro atoms. The molecule has 1 aliphatic rings. The van der Waals surface area contributed by atoms with E-state index in [1.807, 2.05) is 6.07 Å². The number of nitro benzene ring substituents is 1. The highest BCUT2D eigenvalue weighted by Gasteiger charge is 2.26. The fraction of sp³-hybridized carbons (Fsp3) is 0.500. The molecule has 3 N–H and O–H groups in total. The van der Waals surface area contributed by atoms with E-state index in [0.29, 0.717) is 23.7 Å². The van der Waals surface area contributed by atoms with Gasteiger partial charge in [0.1, 0.15) is 5.69 Å². The van der Waals surface area contributed by atoms with Crippen LogP contribution in [0.1, 0.15) is 31.2 Å². The van der Waals surface area contributed by atoms with Gasteiger partial charge in [-0.2, -0.15) is 5.26 Å². The molecule has 1 aromatic rings. The molecule has 0 bridgehead atoms. The van der Waals surface area contributed by atoms with Crippen LogP contribution in [0.3, 0.4) is 0 Å². The summed E-state index contributed by atoms with van der Waals surface area (Å²) in [6.07, 6.45) is 4.30. The SMILES string of the molecule is N#Cc1ccc(NC2CCCCC2CN)c([N+](=O)[O-])c1. The molecule has 0 radical (unpaired) electrons. The fourth-order valence-electron chi connectivity index (χ4n) is 2.75. The standard InChI is InChI=1S/C14H18N4O2/c15-8-10-5-6-13(14(7-10)18(19)20)17-12-4-2-1-3-11(12)9-16/h5-7,11-12,17H,1-4,9,16H2. The Morgan fingerprint density at radius 3 is 2.85 bits per heavy atom.